The van der Waals surface area contributed by atoms with Crippen LogP contribution in [0.5, 0.6) is 5.75 Å². The first-order valence-corrected chi connectivity index (χ1v) is 13.6. The maximum atomic E-state index is 13.8. The summed E-state index contributed by atoms with van der Waals surface area (Å²) in [6.07, 6.45) is 5.42. The molecule has 0 aromatic heterocycles. The number of likely N-dealkylation sites (N-methyl/N-ethyl adjacent to an activating group) is 1. The third kappa shape index (κ3) is 5.63. The lowest BCUT2D eigenvalue weighted by molar-refractivity contribution is -0.139. The highest BCUT2D eigenvalue weighted by atomic mass is 16.5. The fourth-order valence-corrected chi connectivity index (χ4v) is 6.00. The zero-order chi connectivity index (χ0) is 27.6. The number of nitrogens with one attached hydrogen (secondary N) is 2. The second-order valence-corrected chi connectivity index (χ2v) is 10.9. The summed E-state index contributed by atoms with van der Waals surface area (Å²) in [5.74, 6) is 0.652. The Morgan fingerprint density at radius 3 is 2.74 bits per heavy atom. The molecule has 8 nitrogen and oxygen atoms in total. The fraction of sp³-hybridized carbons (Fsp3) is 0.419. The largest absolute Gasteiger partial charge is 0.497 e. The summed E-state index contributed by atoms with van der Waals surface area (Å²) in [4.78, 5) is 43.2. The minimum absolute atomic E-state index is 0.0313. The van der Waals surface area contributed by atoms with Gasteiger partial charge in [0.1, 0.15) is 11.3 Å². The average molecular weight is 529 g/mol. The molecule has 204 valence electrons. The molecule has 0 radical (unpaired) electrons. The van der Waals surface area contributed by atoms with Gasteiger partial charge < -0.3 is 19.9 Å². The van der Waals surface area contributed by atoms with Crippen LogP contribution in [0.3, 0.4) is 0 Å². The first-order chi connectivity index (χ1) is 18.8. The highest BCUT2D eigenvalue weighted by Gasteiger charge is 2.50. The van der Waals surface area contributed by atoms with E-state index in [0.717, 1.165) is 36.1 Å². The van der Waals surface area contributed by atoms with Gasteiger partial charge >= 0.3 is 6.03 Å². The predicted octanol–water partition coefficient (Wildman–Crippen LogP) is 3.47. The number of rotatable bonds is 10. The van der Waals surface area contributed by atoms with Crippen LogP contribution in [0.15, 0.2) is 54.8 Å². The Labute approximate surface area is 229 Å². The Morgan fingerprint density at radius 1 is 1.26 bits per heavy atom. The number of ether oxygens (including phenoxy) is 1. The van der Waals surface area contributed by atoms with Gasteiger partial charge in [-0.05, 0) is 79.1 Å². The summed E-state index contributed by atoms with van der Waals surface area (Å²) in [5, 5.41) is 5.19. The number of hydrogen-bond donors (Lipinski definition) is 2. The Bertz CT molecular complexity index is 1330. The van der Waals surface area contributed by atoms with Gasteiger partial charge in [-0.25, -0.2) is 4.79 Å². The van der Waals surface area contributed by atoms with E-state index in [1.54, 1.807) is 7.11 Å². The third-order valence-corrected chi connectivity index (χ3v) is 8.10. The maximum absolute atomic E-state index is 13.8. The second kappa shape index (κ2) is 11.1. The van der Waals surface area contributed by atoms with Crippen molar-refractivity contribution in [2.75, 3.05) is 33.8 Å². The molecular formula is C31H36N4O4. The summed E-state index contributed by atoms with van der Waals surface area (Å²) in [5.41, 5.74) is 6.07. The van der Waals surface area contributed by atoms with E-state index in [4.69, 9.17) is 4.74 Å². The van der Waals surface area contributed by atoms with E-state index in [-0.39, 0.29) is 24.9 Å². The summed E-state index contributed by atoms with van der Waals surface area (Å²) in [6.45, 7) is 5.14. The molecule has 4 amide bonds. The summed E-state index contributed by atoms with van der Waals surface area (Å²) >= 11 is 0. The van der Waals surface area contributed by atoms with E-state index in [1.165, 1.54) is 11.1 Å². The molecule has 1 saturated carbocycles. The first kappa shape index (κ1) is 26.7. The number of urea groups is 1. The van der Waals surface area contributed by atoms with E-state index >= 15 is 0 Å². The lowest BCUT2D eigenvalue weighted by Gasteiger charge is -2.40. The maximum Gasteiger partial charge on any atom is 0.322 e. The van der Waals surface area contributed by atoms with E-state index in [0.29, 0.717) is 25.4 Å². The van der Waals surface area contributed by atoms with Crippen molar-refractivity contribution in [1.29, 1.82) is 0 Å². The molecular weight excluding hydrogens is 492 g/mol. The molecule has 3 aliphatic rings. The van der Waals surface area contributed by atoms with Crippen molar-refractivity contribution in [2.45, 2.75) is 43.7 Å². The van der Waals surface area contributed by atoms with Gasteiger partial charge in [-0.2, -0.15) is 0 Å². The van der Waals surface area contributed by atoms with Gasteiger partial charge in [0.15, 0.2) is 0 Å². The molecule has 2 aliphatic heterocycles. The zero-order valence-electron chi connectivity index (χ0n) is 22.7. The molecule has 2 fully saturated rings. The van der Waals surface area contributed by atoms with Gasteiger partial charge in [-0.1, -0.05) is 36.9 Å². The molecule has 39 heavy (non-hydrogen) atoms. The number of imide groups is 1. The van der Waals surface area contributed by atoms with Crippen LogP contribution in [0.2, 0.25) is 0 Å². The smallest absolute Gasteiger partial charge is 0.322 e. The van der Waals surface area contributed by atoms with Gasteiger partial charge in [0.05, 0.1) is 19.6 Å². The Kier molecular flexibility index (Phi) is 7.60. The van der Waals surface area contributed by atoms with Gasteiger partial charge in [-0.15, -0.1) is 5.73 Å². The Balaban J connectivity index is 1.31. The van der Waals surface area contributed by atoms with E-state index < -0.39 is 17.5 Å². The number of hydrogen-bond acceptors (Lipinski definition) is 5. The van der Waals surface area contributed by atoms with Crippen molar-refractivity contribution in [3.8, 4) is 5.75 Å². The van der Waals surface area contributed by atoms with Crippen LogP contribution in [0.4, 0.5) is 4.79 Å². The molecule has 8 heteroatoms. The predicted molar refractivity (Wildman–Crippen MR) is 149 cm³/mol. The van der Waals surface area contributed by atoms with Crippen LogP contribution in [-0.2, 0) is 22.4 Å². The monoisotopic (exact) mass is 528 g/mol. The van der Waals surface area contributed by atoms with Crippen LogP contribution >= 0.6 is 0 Å². The minimum atomic E-state index is -1.32. The van der Waals surface area contributed by atoms with Gasteiger partial charge in [-0.3, -0.25) is 14.9 Å². The molecule has 2 heterocycles. The van der Waals surface area contributed by atoms with Crippen LogP contribution in [0.25, 0.3) is 6.08 Å². The molecule has 0 bridgehead atoms. The molecule has 1 aliphatic carbocycles. The lowest BCUT2D eigenvalue weighted by Crippen LogP contribution is -2.58. The van der Waals surface area contributed by atoms with E-state index in [1.807, 2.05) is 53.3 Å². The van der Waals surface area contributed by atoms with Gasteiger partial charge in [0.2, 0.25) is 5.91 Å². The molecule has 1 saturated heterocycles. The molecule has 2 N–H and O–H groups in total. The lowest BCUT2D eigenvalue weighted by atomic mass is 9.87. The summed E-state index contributed by atoms with van der Waals surface area (Å²) in [6, 6.07) is 13.7. The summed E-state index contributed by atoms with van der Waals surface area (Å²) < 4.78 is 5.34. The van der Waals surface area contributed by atoms with Crippen molar-refractivity contribution < 1.29 is 19.1 Å². The van der Waals surface area contributed by atoms with E-state index in [9.17, 15) is 14.4 Å². The van der Waals surface area contributed by atoms with Crippen molar-refractivity contribution in [2.24, 2.45) is 5.92 Å². The Hall–Kier alpha value is -3.87. The summed E-state index contributed by atoms with van der Waals surface area (Å²) in [7, 11) is 3.53. The second-order valence-electron chi connectivity index (χ2n) is 10.9. The molecule has 2 unspecified atom stereocenters. The van der Waals surface area contributed by atoms with Crippen LogP contribution in [0.1, 0.15) is 47.6 Å². The number of methoxy groups -OCH3 is 1. The molecule has 2 atom stereocenters. The van der Waals surface area contributed by atoms with Crippen LogP contribution < -0.4 is 15.4 Å². The average Bonchev–Trinajstić information content (AvgIpc) is 3.72. The number of nitrogens with zero attached hydrogens (tertiary/aromatic N) is 2. The van der Waals surface area contributed by atoms with Crippen molar-refractivity contribution in [3.63, 3.8) is 0 Å². The Morgan fingerprint density at radius 2 is 2.05 bits per heavy atom. The number of carbonyl (C=O) groups is 3. The highest BCUT2D eigenvalue weighted by Crippen LogP contribution is 2.47. The van der Waals surface area contributed by atoms with Crippen LogP contribution in [0, 0.1) is 5.92 Å². The topological polar surface area (TPSA) is 91.0 Å². The molecule has 5 rings (SSSR count). The van der Waals surface area contributed by atoms with Crippen molar-refractivity contribution in [3.05, 3.63) is 77.0 Å². The normalized spacial score (nSPS) is 22.1. The van der Waals surface area contributed by atoms with Gasteiger partial charge in [0.25, 0.3) is 5.91 Å². The minimum Gasteiger partial charge on any atom is -0.497 e. The van der Waals surface area contributed by atoms with Crippen LogP contribution in [-0.4, -0.2) is 67.0 Å². The van der Waals surface area contributed by atoms with Gasteiger partial charge in [0, 0.05) is 19.6 Å². The SMILES string of the molecule is C=C=Cc1cc(OC)ccc1CCN(C)CC1(CC(=O)N2CCc3ccccc3C2C2CC2)NC(=O)NC1=O. The quantitative estimate of drug-likeness (QED) is 0.364. The molecule has 0 spiro atoms. The fourth-order valence-electron chi connectivity index (χ4n) is 6.00. The standard InChI is InChI=1S/C31H36N4O4/c1-4-7-24-18-25(39-3)13-12-21(24)14-16-34(2)20-31(29(37)32-30(38)33-31)19-27(36)35-17-15-22-8-5-6-9-26(22)28(35)23-10-11-23/h5-9,12-13,18,23,28H,1,10-11,14-17,19-20H2,2-3H3,(H2,32,33,37,38). The van der Waals surface area contributed by atoms with Crippen molar-refractivity contribution >= 4 is 23.9 Å². The number of fused-ring (bicyclic) bond motifs is 1. The highest BCUT2D eigenvalue weighted by molar-refractivity contribution is 6.09. The molecule has 2 aromatic carbocycles. The zero-order valence-corrected chi connectivity index (χ0v) is 22.7. The van der Waals surface area contributed by atoms with E-state index in [2.05, 4.69) is 35.1 Å². The van der Waals surface area contributed by atoms with Crippen molar-refractivity contribution in [1.82, 2.24) is 20.4 Å². The molecule has 2 aromatic rings. The first-order valence-electron chi connectivity index (χ1n) is 13.6. The number of carbonyl (C=O) groups excluding carboxylic acids is 3. The third-order valence-electron chi connectivity index (χ3n) is 8.10. The number of amides is 4. The number of benzene rings is 2.